The minimum atomic E-state index is -0.271. The first-order chi connectivity index (χ1) is 10.1. The molecule has 0 radical (unpaired) electrons. The molecule has 6 heteroatoms. The molecule has 1 aliphatic heterocycles. The van der Waals surface area contributed by atoms with E-state index in [1.54, 1.807) is 23.1 Å². The summed E-state index contributed by atoms with van der Waals surface area (Å²) >= 11 is 0. The van der Waals surface area contributed by atoms with Gasteiger partial charge in [-0.1, -0.05) is 0 Å². The van der Waals surface area contributed by atoms with Gasteiger partial charge in [-0.25, -0.2) is 0 Å². The third kappa shape index (κ3) is 3.26. The average Bonchev–Trinajstić information content (AvgIpc) is 2.53. The van der Waals surface area contributed by atoms with Crippen molar-refractivity contribution in [2.45, 2.75) is 12.8 Å². The third-order valence-corrected chi connectivity index (χ3v) is 3.70. The summed E-state index contributed by atoms with van der Waals surface area (Å²) in [6.07, 6.45) is 1.51. The van der Waals surface area contributed by atoms with E-state index in [4.69, 9.17) is 15.2 Å². The molecule has 1 heterocycles. The van der Waals surface area contributed by atoms with Gasteiger partial charge in [0.2, 0.25) is 0 Å². The highest BCUT2D eigenvalue weighted by atomic mass is 16.5. The van der Waals surface area contributed by atoms with Crippen LogP contribution in [-0.4, -0.2) is 44.1 Å². The van der Waals surface area contributed by atoms with Crippen LogP contribution in [0.15, 0.2) is 18.2 Å². The summed E-state index contributed by atoms with van der Waals surface area (Å²) in [6.45, 7) is 0.980. The molecule has 1 saturated heterocycles. The predicted molar refractivity (Wildman–Crippen MR) is 78.0 cm³/mol. The Hall–Kier alpha value is -2.24. The number of rotatable bonds is 3. The van der Waals surface area contributed by atoms with Crippen LogP contribution in [0.5, 0.6) is 5.75 Å². The van der Waals surface area contributed by atoms with E-state index in [0.29, 0.717) is 30.1 Å². The minimum Gasteiger partial charge on any atom is -0.496 e. The fourth-order valence-electron chi connectivity index (χ4n) is 2.58. The molecule has 0 spiro atoms. The number of hydrogen-bond acceptors (Lipinski definition) is 5. The predicted octanol–water partition coefficient (Wildman–Crippen LogP) is 1.30. The molecule has 1 amide bonds. The zero-order chi connectivity index (χ0) is 15.4. The van der Waals surface area contributed by atoms with Crippen LogP contribution in [0.4, 0.5) is 5.69 Å². The van der Waals surface area contributed by atoms with Crippen LogP contribution in [0, 0.1) is 5.92 Å². The molecular formula is C15H20N2O4. The average molecular weight is 292 g/mol. The summed E-state index contributed by atoms with van der Waals surface area (Å²) in [4.78, 5) is 25.9. The second kappa shape index (κ2) is 6.47. The van der Waals surface area contributed by atoms with E-state index in [1.807, 2.05) is 0 Å². The fourth-order valence-corrected chi connectivity index (χ4v) is 2.58. The summed E-state index contributed by atoms with van der Waals surface area (Å²) in [6, 6.07) is 4.95. The van der Waals surface area contributed by atoms with Crippen LogP contribution in [0.25, 0.3) is 0 Å². The Bertz CT molecular complexity index is 544. The van der Waals surface area contributed by atoms with Gasteiger partial charge in [0, 0.05) is 18.8 Å². The van der Waals surface area contributed by atoms with Gasteiger partial charge < -0.3 is 20.1 Å². The molecule has 0 aliphatic carbocycles. The Kier molecular flexibility index (Phi) is 4.67. The number of carbonyl (C=O) groups is 2. The summed E-state index contributed by atoms with van der Waals surface area (Å²) in [5.74, 6) is -0.228. The lowest BCUT2D eigenvalue weighted by Gasteiger charge is -2.31. The van der Waals surface area contributed by atoms with Crippen molar-refractivity contribution in [3.8, 4) is 5.75 Å². The molecule has 1 atom stereocenters. The van der Waals surface area contributed by atoms with Gasteiger partial charge in [0.15, 0.2) is 0 Å². The summed E-state index contributed by atoms with van der Waals surface area (Å²) in [5.41, 5.74) is 6.67. The molecule has 0 saturated carbocycles. The van der Waals surface area contributed by atoms with E-state index in [0.717, 1.165) is 12.8 Å². The zero-order valence-corrected chi connectivity index (χ0v) is 12.3. The molecule has 114 valence electrons. The summed E-state index contributed by atoms with van der Waals surface area (Å²) < 4.78 is 9.98. The van der Waals surface area contributed by atoms with Crippen molar-refractivity contribution in [1.29, 1.82) is 0 Å². The van der Waals surface area contributed by atoms with E-state index >= 15 is 0 Å². The Morgan fingerprint density at radius 2 is 2.10 bits per heavy atom. The lowest BCUT2D eigenvalue weighted by molar-refractivity contribution is -0.146. The van der Waals surface area contributed by atoms with Crippen molar-refractivity contribution in [2.75, 3.05) is 33.0 Å². The Labute approximate surface area is 123 Å². The number of benzene rings is 1. The SMILES string of the molecule is COC(=O)C1CCCN(C(=O)c2cc(N)ccc2OC)C1. The van der Waals surface area contributed by atoms with Crippen LogP contribution in [0.3, 0.4) is 0 Å². The molecule has 6 nitrogen and oxygen atoms in total. The monoisotopic (exact) mass is 292 g/mol. The van der Waals surface area contributed by atoms with E-state index in [9.17, 15) is 9.59 Å². The van der Waals surface area contributed by atoms with Gasteiger partial charge in [-0.05, 0) is 31.0 Å². The van der Waals surface area contributed by atoms with Crippen molar-refractivity contribution in [1.82, 2.24) is 4.90 Å². The van der Waals surface area contributed by atoms with Crippen LogP contribution >= 0.6 is 0 Å². The first-order valence-electron chi connectivity index (χ1n) is 6.87. The maximum absolute atomic E-state index is 12.6. The van der Waals surface area contributed by atoms with Gasteiger partial charge >= 0.3 is 5.97 Å². The van der Waals surface area contributed by atoms with Gasteiger partial charge in [-0.15, -0.1) is 0 Å². The number of nitrogen functional groups attached to an aromatic ring is 1. The molecule has 1 fully saturated rings. The standard InChI is InChI=1S/C15H20N2O4/c1-20-13-6-5-11(16)8-12(13)14(18)17-7-3-4-10(9-17)15(19)21-2/h5-6,8,10H,3-4,7,9,16H2,1-2H3. The van der Waals surface area contributed by atoms with Crippen molar-refractivity contribution < 1.29 is 19.1 Å². The van der Waals surface area contributed by atoms with Gasteiger partial charge in [-0.3, -0.25) is 9.59 Å². The summed E-state index contributed by atoms with van der Waals surface area (Å²) in [5, 5.41) is 0. The molecule has 1 aliphatic rings. The number of methoxy groups -OCH3 is 2. The van der Waals surface area contributed by atoms with Crippen LogP contribution in [0.1, 0.15) is 23.2 Å². The number of piperidine rings is 1. The number of anilines is 1. The number of nitrogens with zero attached hydrogens (tertiary/aromatic N) is 1. The number of likely N-dealkylation sites (tertiary alicyclic amines) is 1. The molecule has 2 rings (SSSR count). The number of nitrogens with two attached hydrogens (primary N) is 1. The maximum Gasteiger partial charge on any atom is 0.310 e. The first kappa shape index (κ1) is 15.2. The molecular weight excluding hydrogens is 272 g/mol. The smallest absolute Gasteiger partial charge is 0.310 e. The third-order valence-electron chi connectivity index (χ3n) is 3.70. The van der Waals surface area contributed by atoms with E-state index in [1.165, 1.54) is 14.2 Å². The maximum atomic E-state index is 12.6. The van der Waals surface area contributed by atoms with Crippen molar-refractivity contribution in [3.05, 3.63) is 23.8 Å². The van der Waals surface area contributed by atoms with E-state index in [-0.39, 0.29) is 17.8 Å². The highest BCUT2D eigenvalue weighted by Gasteiger charge is 2.30. The number of ether oxygens (including phenoxy) is 2. The molecule has 1 unspecified atom stereocenters. The number of hydrogen-bond donors (Lipinski definition) is 1. The first-order valence-corrected chi connectivity index (χ1v) is 6.87. The lowest BCUT2D eigenvalue weighted by atomic mass is 9.97. The topological polar surface area (TPSA) is 81.9 Å². The lowest BCUT2D eigenvalue weighted by Crippen LogP contribution is -2.42. The quantitative estimate of drug-likeness (QED) is 0.671. The van der Waals surface area contributed by atoms with Crippen LogP contribution in [-0.2, 0) is 9.53 Å². The van der Waals surface area contributed by atoms with Gasteiger partial charge in [-0.2, -0.15) is 0 Å². The second-order valence-corrected chi connectivity index (χ2v) is 5.07. The number of amides is 1. The highest BCUT2D eigenvalue weighted by Crippen LogP contribution is 2.25. The Balaban J connectivity index is 2.19. The van der Waals surface area contributed by atoms with Crippen molar-refractivity contribution >= 4 is 17.6 Å². The van der Waals surface area contributed by atoms with E-state index in [2.05, 4.69) is 0 Å². The normalized spacial score (nSPS) is 18.2. The van der Waals surface area contributed by atoms with Crippen LogP contribution in [0.2, 0.25) is 0 Å². The van der Waals surface area contributed by atoms with Gasteiger partial charge in [0.25, 0.3) is 5.91 Å². The Morgan fingerprint density at radius 1 is 1.33 bits per heavy atom. The Morgan fingerprint density at radius 3 is 2.76 bits per heavy atom. The molecule has 0 aromatic heterocycles. The van der Waals surface area contributed by atoms with Crippen LogP contribution < -0.4 is 10.5 Å². The van der Waals surface area contributed by atoms with Gasteiger partial charge in [0.05, 0.1) is 25.7 Å². The zero-order valence-electron chi connectivity index (χ0n) is 12.3. The molecule has 1 aromatic carbocycles. The highest BCUT2D eigenvalue weighted by molar-refractivity contribution is 5.98. The molecule has 0 bridgehead atoms. The molecule has 2 N–H and O–H groups in total. The fraction of sp³-hybridized carbons (Fsp3) is 0.467. The second-order valence-electron chi connectivity index (χ2n) is 5.07. The number of esters is 1. The molecule has 21 heavy (non-hydrogen) atoms. The van der Waals surface area contributed by atoms with Crippen molar-refractivity contribution in [3.63, 3.8) is 0 Å². The molecule has 1 aromatic rings. The largest absolute Gasteiger partial charge is 0.496 e. The minimum absolute atomic E-state index is 0.173. The van der Waals surface area contributed by atoms with E-state index < -0.39 is 0 Å². The number of carbonyl (C=O) groups excluding carboxylic acids is 2. The summed E-state index contributed by atoms with van der Waals surface area (Å²) in [7, 11) is 2.87. The van der Waals surface area contributed by atoms with Crippen molar-refractivity contribution in [2.24, 2.45) is 5.92 Å². The van der Waals surface area contributed by atoms with Gasteiger partial charge in [0.1, 0.15) is 5.75 Å².